The van der Waals surface area contributed by atoms with Crippen LogP contribution in [0.1, 0.15) is 68.8 Å². The molecule has 7 heteroatoms. The minimum Gasteiger partial charge on any atom is -0.331 e. The third-order valence-electron chi connectivity index (χ3n) is 7.34. The van der Waals surface area contributed by atoms with Crippen molar-refractivity contribution >= 4 is 23.1 Å². The molecule has 1 fully saturated rings. The lowest BCUT2D eigenvalue weighted by Crippen LogP contribution is -2.40. The van der Waals surface area contributed by atoms with Crippen LogP contribution in [0.3, 0.4) is 0 Å². The summed E-state index contributed by atoms with van der Waals surface area (Å²) in [6.45, 7) is 6.01. The van der Waals surface area contributed by atoms with E-state index in [1.165, 1.54) is 0 Å². The van der Waals surface area contributed by atoms with Crippen LogP contribution < -0.4 is 5.56 Å². The lowest BCUT2D eigenvalue weighted by atomic mass is 9.95. The van der Waals surface area contributed by atoms with Crippen molar-refractivity contribution in [3.05, 3.63) is 86.5 Å². The molecule has 7 nitrogen and oxygen atoms in total. The highest BCUT2D eigenvalue weighted by molar-refractivity contribution is 6.08. The molecule has 0 atom stereocenters. The van der Waals surface area contributed by atoms with Crippen molar-refractivity contribution < 1.29 is 9.59 Å². The maximum absolute atomic E-state index is 14.2. The van der Waals surface area contributed by atoms with Gasteiger partial charge < -0.3 is 9.88 Å². The zero-order valence-electron chi connectivity index (χ0n) is 20.9. The third-order valence-corrected chi connectivity index (χ3v) is 7.34. The Morgan fingerprint density at radius 1 is 1.08 bits per heavy atom. The molecule has 2 aromatic heterocycles. The van der Waals surface area contributed by atoms with E-state index in [4.69, 9.17) is 0 Å². The van der Waals surface area contributed by atoms with Crippen molar-refractivity contribution in [2.45, 2.75) is 59.0 Å². The number of H-pyrrole nitrogens is 2. The number of amides is 1. The maximum atomic E-state index is 14.2. The molecule has 36 heavy (non-hydrogen) atoms. The van der Waals surface area contributed by atoms with Crippen molar-refractivity contribution in [2.24, 2.45) is 0 Å². The molecule has 4 aromatic rings. The summed E-state index contributed by atoms with van der Waals surface area (Å²) in [6, 6.07) is 11.5. The number of aromatic amines is 2. The molecular formula is C29H30N4O3. The van der Waals surface area contributed by atoms with Crippen molar-refractivity contribution in [1.82, 2.24) is 20.1 Å². The first kappa shape index (κ1) is 23.7. The summed E-state index contributed by atoms with van der Waals surface area (Å²) in [4.78, 5) is 43.1. The molecule has 0 aliphatic heterocycles. The first-order valence-corrected chi connectivity index (χ1v) is 12.4. The Bertz CT molecular complexity index is 1530. The molecule has 2 heterocycles. The van der Waals surface area contributed by atoms with E-state index in [1.807, 2.05) is 56.0 Å². The van der Waals surface area contributed by atoms with Gasteiger partial charge in [-0.2, -0.15) is 5.10 Å². The van der Waals surface area contributed by atoms with Crippen LogP contribution >= 0.6 is 0 Å². The Hall–Kier alpha value is -4.00. The van der Waals surface area contributed by atoms with Gasteiger partial charge in [0.15, 0.2) is 0 Å². The van der Waals surface area contributed by atoms with E-state index >= 15 is 0 Å². The summed E-state index contributed by atoms with van der Waals surface area (Å²) < 4.78 is 0. The highest BCUT2D eigenvalue weighted by Gasteiger charge is 2.30. The van der Waals surface area contributed by atoms with Gasteiger partial charge in [0.2, 0.25) is 0 Å². The second kappa shape index (κ2) is 9.57. The van der Waals surface area contributed by atoms with E-state index in [1.54, 1.807) is 12.3 Å². The smallest absolute Gasteiger partial charge is 0.255 e. The van der Waals surface area contributed by atoms with Gasteiger partial charge in [0, 0.05) is 28.2 Å². The maximum Gasteiger partial charge on any atom is 0.255 e. The molecule has 1 aliphatic carbocycles. The minimum atomic E-state index is -0.142. The first-order valence-electron chi connectivity index (χ1n) is 12.4. The van der Waals surface area contributed by atoms with Crippen LogP contribution in [0.25, 0.3) is 22.0 Å². The largest absolute Gasteiger partial charge is 0.331 e. The van der Waals surface area contributed by atoms with E-state index < -0.39 is 0 Å². The van der Waals surface area contributed by atoms with Gasteiger partial charge in [-0.15, -0.1) is 0 Å². The normalized spacial score (nSPS) is 13.9. The quantitative estimate of drug-likeness (QED) is 0.367. The molecule has 0 saturated heterocycles. The SMILES string of the molecule is Cc1cc(C)c(CN(C(=O)c2cc(-c3ccc(C=O)cc3C)cc3[nH]ncc23)C2CCCC2)c(=O)[nH]1. The lowest BCUT2D eigenvalue weighted by Gasteiger charge is -2.30. The Morgan fingerprint density at radius 2 is 1.86 bits per heavy atom. The van der Waals surface area contributed by atoms with E-state index in [2.05, 4.69) is 15.2 Å². The topological polar surface area (TPSA) is 98.9 Å². The molecule has 0 spiro atoms. The summed E-state index contributed by atoms with van der Waals surface area (Å²) in [5, 5.41) is 7.98. The fourth-order valence-corrected chi connectivity index (χ4v) is 5.45. The fraction of sp³-hybridized carbons (Fsp3) is 0.310. The Labute approximate surface area is 209 Å². The number of hydrogen-bond donors (Lipinski definition) is 2. The summed E-state index contributed by atoms with van der Waals surface area (Å²) >= 11 is 0. The van der Waals surface area contributed by atoms with Crippen LogP contribution in [-0.4, -0.2) is 38.3 Å². The zero-order chi connectivity index (χ0) is 25.4. The number of nitrogens with one attached hydrogen (secondary N) is 2. The predicted molar refractivity (Wildman–Crippen MR) is 140 cm³/mol. The molecule has 1 aliphatic rings. The van der Waals surface area contributed by atoms with Gasteiger partial charge in [-0.25, -0.2) is 0 Å². The highest BCUT2D eigenvalue weighted by atomic mass is 16.2. The number of carbonyl (C=O) groups is 2. The van der Waals surface area contributed by atoms with Gasteiger partial charge in [-0.05, 0) is 80.1 Å². The van der Waals surface area contributed by atoms with Crippen LogP contribution in [0.4, 0.5) is 0 Å². The Balaban J connectivity index is 1.61. The van der Waals surface area contributed by atoms with Crippen LogP contribution in [0.15, 0.2) is 47.4 Å². The minimum absolute atomic E-state index is 0.0804. The number of aryl methyl sites for hydroxylation is 3. The van der Waals surface area contributed by atoms with Gasteiger partial charge in [-0.1, -0.05) is 25.0 Å². The number of pyridine rings is 1. The second-order valence-corrected chi connectivity index (χ2v) is 9.86. The van der Waals surface area contributed by atoms with E-state index in [0.717, 1.165) is 70.8 Å². The highest BCUT2D eigenvalue weighted by Crippen LogP contribution is 2.32. The van der Waals surface area contributed by atoms with Gasteiger partial charge in [0.25, 0.3) is 11.5 Å². The zero-order valence-corrected chi connectivity index (χ0v) is 20.9. The molecule has 2 N–H and O–H groups in total. The van der Waals surface area contributed by atoms with Gasteiger partial charge in [-0.3, -0.25) is 19.5 Å². The van der Waals surface area contributed by atoms with Gasteiger partial charge in [0.1, 0.15) is 6.29 Å². The van der Waals surface area contributed by atoms with Crippen LogP contribution in [0, 0.1) is 20.8 Å². The number of benzene rings is 2. The number of hydrogen-bond acceptors (Lipinski definition) is 4. The van der Waals surface area contributed by atoms with E-state index in [-0.39, 0.29) is 24.1 Å². The number of nitrogens with zero attached hydrogens (tertiary/aromatic N) is 2. The Morgan fingerprint density at radius 3 is 2.56 bits per heavy atom. The van der Waals surface area contributed by atoms with Crippen LogP contribution in [-0.2, 0) is 6.54 Å². The second-order valence-electron chi connectivity index (χ2n) is 9.86. The van der Waals surface area contributed by atoms with Crippen LogP contribution in [0.2, 0.25) is 0 Å². The molecule has 0 unspecified atom stereocenters. The fourth-order valence-electron chi connectivity index (χ4n) is 5.45. The number of carbonyl (C=O) groups excluding carboxylic acids is 2. The van der Waals surface area contributed by atoms with Crippen molar-refractivity contribution in [1.29, 1.82) is 0 Å². The van der Waals surface area contributed by atoms with Crippen molar-refractivity contribution in [2.75, 3.05) is 0 Å². The predicted octanol–water partition coefficient (Wildman–Crippen LogP) is 5.24. The van der Waals surface area contributed by atoms with Gasteiger partial charge in [0.05, 0.1) is 23.8 Å². The molecule has 1 amide bonds. The number of aldehydes is 1. The molecule has 1 saturated carbocycles. The average Bonchev–Trinajstić information content (AvgIpc) is 3.55. The van der Waals surface area contributed by atoms with Gasteiger partial charge >= 0.3 is 0 Å². The number of aromatic nitrogens is 3. The molecule has 5 rings (SSSR count). The molecule has 0 bridgehead atoms. The first-order chi connectivity index (χ1) is 17.4. The van der Waals surface area contributed by atoms with Crippen LogP contribution in [0.5, 0.6) is 0 Å². The standard InChI is InChI=1S/C29H30N4O3/c1-17-10-19(3)31-28(35)26(17)15-33(22-6-4-5-7-22)29(36)24-12-21(13-27-25(24)14-30-32-27)23-9-8-20(16-34)11-18(23)2/h8-14,16,22H,4-7,15H2,1-3H3,(H,30,32)(H,31,35). The van der Waals surface area contributed by atoms with E-state index in [9.17, 15) is 14.4 Å². The van der Waals surface area contributed by atoms with E-state index in [0.29, 0.717) is 16.7 Å². The lowest BCUT2D eigenvalue weighted by molar-refractivity contribution is 0.0665. The molecule has 184 valence electrons. The monoisotopic (exact) mass is 482 g/mol. The molecular weight excluding hydrogens is 452 g/mol. The summed E-state index contributed by atoms with van der Waals surface area (Å²) in [5.74, 6) is -0.100. The molecule has 0 radical (unpaired) electrons. The summed E-state index contributed by atoms with van der Waals surface area (Å²) in [7, 11) is 0. The van der Waals surface area contributed by atoms with Crippen molar-refractivity contribution in [3.63, 3.8) is 0 Å². The average molecular weight is 483 g/mol. The summed E-state index contributed by atoms with van der Waals surface area (Å²) in [6.07, 6.45) is 6.51. The van der Waals surface area contributed by atoms with Crippen molar-refractivity contribution in [3.8, 4) is 11.1 Å². The number of fused-ring (bicyclic) bond motifs is 1. The third kappa shape index (κ3) is 4.37. The Kier molecular flexibility index (Phi) is 6.31. The number of rotatable bonds is 6. The summed E-state index contributed by atoms with van der Waals surface area (Å²) in [5.41, 5.74) is 6.90. The molecule has 2 aromatic carbocycles.